The van der Waals surface area contributed by atoms with Gasteiger partial charge >= 0.3 is 5.97 Å². The van der Waals surface area contributed by atoms with Crippen LogP contribution in [0.5, 0.6) is 0 Å². The standard InChI is InChI=1S/C16H25NO2/c1-9(2)13(16(18)19-6)15(17)14-11(4)7-10(3)8-12(14)5/h7-9,13,15H,17H2,1-6H3. The topological polar surface area (TPSA) is 52.3 Å². The van der Waals surface area contributed by atoms with E-state index in [4.69, 9.17) is 10.5 Å². The van der Waals surface area contributed by atoms with Crippen LogP contribution in [0.25, 0.3) is 0 Å². The lowest BCUT2D eigenvalue weighted by molar-refractivity contribution is -0.147. The predicted molar refractivity (Wildman–Crippen MR) is 77.9 cm³/mol. The van der Waals surface area contributed by atoms with Gasteiger partial charge in [0.25, 0.3) is 0 Å². The maximum atomic E-state index is 12.0. The molecule has 0 saturated carbocycles. The zero-order valence-corrected chi connectivity index (χ0v) is 12.8. The molecule has 1 aromatic carbocycles. The van der Waals surface area contributed by atoms with Gasteiger partial charge in [0.1, 0.15) is 0 Å². The summed E-state index contributed by atoms with van der Waals surface area (Å²) >= 11 is 0. The molecule has 0 amide bonds. The highest BCUT2D eigenvalue weighted by Crippen LogP contribution is 2.31. The van der Waals surface area contributed by atoms with E-state index >= 15 is 0 Å². The molecule has 0 fully saturated rings. The Labute approximate surface area is 116 Å². The van der Waals surface area contributed by atoms with Gasteiger partial charge in [-0.15, -0.1) is 0 Å². The summed E-state index contributed by atoms with van der Waals surface area (Å²) in [5, 5.41) is 0. The first-order valence-electron chi connectivity index (χ1n) is 6.70. The van der Waals surface area contributed by atoms with Gasteiger partial charge in [0.15, 0.2) is 0 Å². The summed E-state index contributed by atoms with van der Waals surface area (Å²) in [6.45, 7) is 10.2. The lowest BCUT2D eigenvalue weighted by Gasteiger charge is -2.28. The summed E-state index contributed by atoms with van der Waals surface area (Å²) in [6, 6.07) is 3.89. The van der Waals surface area contributed by atoms with Gasteiger partial charge in [0, 0.05) is 6.04 Å². The van der Waals surface area contributed by atoms with Crippen LogP contribution >= 0.6 is 0 Å². The minimum absolute atomic E-state index is 0.141. The Hall–Kier alpha value is -1.35. The molecule has 0 heterocycles. The molecule has 3 nitrogen and oxygen atoms in total. The third-order valence-corrected chi connectivity index (χ3v) is 3.65. The van der Waals surface area contributed by atoms with Crippen molar-refractivity contribution in [2.45, 2.75) is 40.7 Å². The third kappa shape index (κ3) is 3.35. The first-order chi connectivity index (χ1) is 8.79. The Morgan fingerprint density at radius 1 is 1.16 bits per heavy atom. The molecule has 1 aromatic rings. The second kappa shape index (κ2) is 6.20. The van der Waals surface area contributed by atoms with Gasteiger partial charge in [-0.25, -0.2) is 0 Å². The van der Waals surface area contributed by atoms with Crippen LogP contribution < -0.4 is 5.73 Å². The molecule has 0 aliphatic rings. The van der Waals surface area contributed by atoms with Crippen LogP contribution in [-0.2, 0) is 9.53 Å². The van der Waals surface area contributed by atoms with E-state index < -0.39 is 0 Å². The van der Waals surface area contributed by atoms with Crippen molar-refractivity contribution < 1.29 is 9.53 Å². The Bertz CT molecular complexity index is 443. The second-order valence-corrected chi connectivity index (χ2v) is 5.63. The van der Waals surface area contributed by atoms with Crippen LogP contribution in [0.2, 0.25) is 0 Å². The average Bonchev–Trinajstić information content (AvgIpc) is 2.26. The minimum Gasteiger partial charge on any atom is -0.469 e. The molecule has 1 rings (SSSR count). The molecule has 0 spiro atoms. The first-order valence-corrected chi connectivity index (χ1v) is 6.70. The van der Waals surface area contributed by atoms with Crippen molar-refractivity contribution in [2.24, 2.45) is 17.6 Å². The van der Waals surface area contributed by atoms with E-state index in [2.05, 4.69) is 19.1 Å². The van der Waals surface area contributed by atoms with Gasteiger partial charge < -0.3 is 10.5 Å². The molecule has 0 aliphatic heterocycles. The van der Waals surface area contributed by atoms with E-state index in [1.807, 2.05) is 27.7 Å². The number of hydrogen-bond donors (Lipinski definition) is 1. The average molecular weight is 263 g/mol. The second-order valence-electron chi connectivity index (χ2n) is 5.63. The number of carbonyl (C=O) groups excluding carboxylic acids is 1. The van der Waals surface area contributed by atoms with Crippen LogP contribution in [0.4, 0.5) is 0 Å². The van der Waals surface area contributed by atoms with Crippen molar-refractivity contribution >= 4 is 5.97 Å². The van der Waals surface area contributed by atoms with E-state index in [0.717, 1.165) is 16.7 Å². The highest BCUT2D eigenvalue weighted by molar-refractivity contribution is 5.74. The van der Waals surface area contributed by atoms with Gasteiger partial charge in [-0.05, 0) is 43.4 Å². The predicted octanol–water partition coefficient (Wildman–Crippen LogP) is 3.06. The van der Waals surface area contributed by atoms with Crippen LogP contribution in [0, 0.1) is 32.6 Å². The molecule has 106 valence electrons. The summed E-state index contributed by atoms with van der Waals surface area (Å²) in [5.74, 6) is -0.408. The molecule has 2 unspecified atom stereocenters. The van der Waals surface area contributed by atoms with Crippen molar-refractivity contribution in [3.05, 3.63) is 34.4 Å². The number of nitrogens with two attached hydrogens (primary N) is 1. The summed E-state index contributed by atoms with van der Waals surface area (Å²) in [7, 11) is 1.42. The van der Waals surface area contributed by atoms with Gasteiger partial charge in [-0.2, -0.15) is 0 Å². The zero-order valence-electron chi connectivity index (χ0n) is 12.8. The third-order valence-electron chi connectivity index (χ3n) is 3.65. The highest BCUT2D eigenvalue weighted by atomic mass is 16.5. The van der Waals surface area contributed by atoms with Gasteiger partial charge in [-0.3, -0.25) is 4.79 Å². The number of methoxy groups -OCH3 is 1. The SMILES string of the molecule is COC(=O)C(C(C)C)C(N)c1c(C)cc(C)cc1C. The fourth-order valence-corrected chi connectivity index (χ4v) is 2.87. The summed E-state index contributed by atoms with van der Waals surface area (Å²) in [4.78, 5) is 12.0. The van der Waals surface area contributed by atoms with E-state index in [1.54, 1.807) is 0 Å². The summed E-state index contributed by atoms with van der Waals surface area (Å²) in [6.07, 6.45) is 0. The first kappa shape index (κ1) is 15.7. The van der Waals surface area contributed by atoms with E-state index in [-0.39, 0.29) is 23.8 Å². The number of carbonyl (C=O) groups is 1. The summed E-state index contributed by atoms with van der Waals surface area (Å²) < 4.78 is 4.90. The molecule has 2 N–H and O–H groups in total. The van der Waals surface area contributed by atoms with Crippen molar-refractivity contribution in [3.8, 4) is 0 Å². The van der Waals surface area contributed by atoms with Gasteiger partial charge in [-0.1, -0.05) is 31.5 Å². The van der Waals surface area contributed by atoms with E-state index in [9.17, 15) is 4.79 Å². The van der Waals surface area contributed by atoms with Crippen molar-refractivity contribution in [1.82, 2.24) is 0 Å². The van der Waals surface area contributed by atoms with E-state index in [0.29, 0.717) is 0 Å². The van der Waals surface area contributed by atoms with Gasteiger partial charge in [0.2, 0.25) is 0 Å². The number of esters is 1. The van der Waals surface area contributed by atoms with Crippen molar-refractivity contribution in [3.63, 3.8) is 0 Å². The number of ether oxygens (including phenoxy) is 1. The molecular formula is C16H25NO2. The number of aryl methyl sites for hydroxylation is 3. The Kier molecular flexibility index (Phi) is 5.12. The molecular weight excluding hydrogens is 238 g/mol. The lowest BCUT2D eigenvalue weighted by Crippen LogP contribution is -2.34. The maximum Gasteiger partial charge on any atom is 0.310 e. The smallest absolute Gasteiger partial charge is 0.310 e. The molecule has 3 heteroatoms. The molecule has 0 saturated heterocycles. The Morgan fingerprint density at radius 3 is 2.00 bits per heavy atom. The van der Waals surface area contributed by atoms with E-state index in [1.165, 1.54) is 12.7 Å². The molecule has 0 radical (unpaired) electrons. The van der Waals surface area contributed by atoms with Crippen LogP contribution in [0.3, 0.4) is 0 Å². The number of rotatable bonds is 4. The number of hydrogen-bond acceptors (Lipinski definition) is 3. The monoisotopic (exact) mass is 263 g/mol. The molecule has 0 bridgehead atoms. The van der Waals surface area contributed by atoms with Crippen LogP contribution in [0.1, 0.15) is 42.1 Å². The van der Waals surface area contributed by atoms with Crippen molar-refractivity contribution in [2.75, 3.05) is 7.11 Å². The highest BCUT2D eigenvalue weighted by Gasteiger charge is 2.32. The lowest BCUT2D eigenvalue weighted by atomic mass is 9.81. The quantitative estimate of drug-likeness (QED) is 0.849. The van der Waals surface area contributed by atoms with Crippen molar-refractivity contribution in [1.29, 1.82) is 0 Å². The van der Waals surface area contributed by atoms with Gasteiger partial charge in [0.05, 0.1) is 13.0 Å². The largest absolute Gasteiger partial charge is 0.469 e. The van der Waals surface area contributed by atoms with Crippen LogP contribution in [-0.4, -0.2) is 13.1 Å². The molecule has 0 aliphatic carbocycles. The zero-order chi connectivity index (χ0) is 14.7. The normalized spacial score (nSPS) is 14.3. The number of benzene rings is 1. The Balaban J connectivity index is 3.24. The maximum absolute atomic E-state index is 12.0. The molecule has 19 heavy (non-hydrogen) atoms. The molecule has 0 aromatic heterocycles. The fourth-order valence-electron chi connectivity index (χ4n) is 2.87. The van der Waals surface area contributed by atoms with Crippen LogP contribution in [0.15, 0.2) is 12.1 Å². The fraction of sp³-hybridized carbons (Fsp3) is 0.562. The summed E-state index contributed by atoms with van der Waals surface area (Å²) in [5.41, 5.74) is 10.9. The Morgan fingerprint density at radius 2 is 1.63 bits per heavy atom. The molecule has 2 atom stereocenters. The minimum atomic E-state index is -0.326.